The van der Waals surface area contributed by atoms with Crippen molar-refractivity contribution in [2.75, 3.05) is 29.6 Å². The highest BCUT2D eigenvalue weighted by Crippen LogP contribution is 2.29. The molecule has 9 nitrogen and oxygen atoms in total. The van der Waals surface area contributed by atoms with E-state index in [1.807, 2.05) is 19.1 Å². The number of carbonyl (C=O) groups excluding carboxylic acids is 1. The highest BCUT2D eigenvalue weighted by Gasteiger charge is 2.29. The second kappa shape index (κ2) is 9.96. The van der Waals surface area contributed by atoms with Gasteiger partial charge >= 0.3 is 0 Å². The predicted octanol–water partition coefficient (Wildman–Crippen LogP) is 3.41. The number of carbonyl (C=O) groups is 1. The quantitative estimate of drug-likeness (QED) is 0.504. The highest BCUT2D eigenvalue weighted by atomic mass is 32.2. The maximum absolute atomic E-state index is 12.9. The molecule has 0 aliphatic rings. The molecule has 0 saturated carbocycles. The summed E-state index contributed by atoms with van der Waals surface area (Å²) in [6.07, 6.45) is 1.06. The summed E-state index contributed by atoms with van der Waals surface area (Å²) >= 11 is 1.19. The number of hydrogen-bond acceptors (Lipinski definition) is 8. The molecule has 3 aromatic rings. The normalized spacial score (nSPS) is 12.1. The first kappa shape index (κ1) is 23.5. The molecule has 0 fully saturated rings. The summed E-state index contributed by atoms with van der Waals surface area (Å²) in [6, 6.07) is 12.8. The lowest BCUT2D eigenvalue weighted by Gasteiger charge is -2.28. The van der Waals surface area contributed by atoms with E-state index in [0.717, 1.165) is 21.9 Å². The van der Waals surface area contributed by atoms with Crippen LogP contribution >= 0.6 is 11.3 Å². The zero-order valence-corrected chi connectivity index (χ0v) is 19.7. The first-order valence-electron chi connectivity index (χ1n) is 9.74. The SMILES string of the molecule is CCOc1ccc(N(C(C)C(=O)Nc2nnc(-c3ccc(OC)cc3)s2)S(C)(=O)=O)cc1. The Morgan fingerprint density at radius 3 is 2.28 bits per heavy atom. The monoisotopic (exact) mass is 476 g/mol. The van der Waals surface area contributed by atoms with E-state index in [-0.39, 0.29) is 5.13 Å². The third kappa shape index (κ3) is 5.54. The Labute approximate surface area is 191 Å². The number of hydrogen-bond donors (Lipinski definition) is 1. The number of nitrogens with zero attached hydrogens (tertiary/aromatic N) is 3. The number of rotatable bonds is 9. The fraction of sp³-hybridized carbons (Fsp3) is 0.286. The van der Waals surface area contributed by atoms with Crippen molar-refractivity contribution in [1.29, 1.82) is 0 Å². The minimum Gasteiger partial charge on any atom is -0.497 e. The summed E-state index contributed by atoms with van der Waals surface area (Å²) in [5.41, 5.74) is 1.18. The van der Waals surface area contributed by atoms with Gasteiger partial charge in [0.1, 0.15) is 22.5 Å². The van der Waals surface area contributed by atoms with Gasteiger partial charge in [0.05, 0.1) is 25.7 Å². The maximum Gasteiger partial charge on any atom is 0.249 e. The lowest BCUT2D eigenvalue weighted by atomic mass is 10.2. The van der Waals surface area contributed by atoms with Crippen LogP contribution in [0.5, 0.6) is 11.5 Å². The van der Waals surface area contributed by atoms with Gasteiger partial charge in [-0.05, 0) is 62.4 Å². The van der Waals surface area contributed by atoms with Gasteiger partial charge in [0.25, 0.3) is 0 Å². The molecule has 170 valence electrons. The van der Waals surface area contributed by atoms with Crippen molar-refractivity contribution in [3.8, 4) is 22.1 Å². The van der Waals surface area contributed by atoms with Crippen molar-refractivity contribution in [2.24, 2.45) is 0 Å². The number of sulfonamides is 1. The van der Waals surface area contributed by atoms with Crippen LogP contribution in [0.1, 0.15) is 13.8 Å². The molecule has 0 bridgehead atoms. The van der Waals surface area contributed by atoms with Gasteiger partial charge in [-0.25, -0.2) is 8.42 Å². The molecule has 1 aromatic heterocycles. The molecule has 1 unspecified atom stereocenters. The Hall–Kier alpha value is -3.18. The zero-order chi connectivity index (χ0) is 23.3. The summed E-state index contributed by atoms with van der Waals surface area (Å²) in [4.78, 5) is 12.9. The van der Waals surface area contributed by atoms with Crippen molar-refractivity contribution in [3.05, 3.63) is 48.5 Å². The van der Waals surface area contributed by atoms with Crippen molar-refractivity contribution in [1.82, 2.24) is 10.2 Å². The average molecular weight is 477 g/mol. The number of benzene rings is 2. The number of anilines is 2. The number of aromatic nitrogens is 2. The van der Waals surface area contributed by atoms with Gasteiger partial charge in [-0.2, -0.15) is 0 Å². The second-order valence-corrected chi connectivity index (χ2v) is 9.63. The lowest BCUT2D eigenvalue weighted by molar-refractivity contribution is -0.116. The number of amides is 1. The molecule has 0 aliphatic carbocycles. The van der Waals surface area contributed by atoms with Gasteiger partial charge in [0.2, 0.25) is 21.1 Å². The molecule has 0 spiro atoms. The molecule has 1 atom stereocenters. The minimum absolute atomic E-state index is 0.271. The van der Waals surface area contributed by atoms with E-state index in [2.05, 4.69) is 15.5 Å². The van der Waals surface area contributed by atoms with E-state index in [1.165, 1.54) is 18.3 Å². The summed E-state index contributed by atoms with van der Waals surface area (Å²) in [7, 11) is -2.15. The molecule has 0 aliphatic heterocycles. The first-order chi connectivity index (χ1) is 15.2. The van der Waals surface area contributed by atoms with Gasteiger partial charge in [-0.3, -0.25) is 14.4 Å². The van der Waals surface area contributed by atoms with Crippen LogP contribution < -0.4 is 19.1 Å². The molecule has 0 saturated heterocycles. The Morgan fingerprint density at radius 2 is 1.72 bits per heavy atom. The van der Waals surface area contributed by atoms with Crippen LogP contribution in [0, 0.1) is 0 Å². The first-order valence-corrected chi connectivity index (χ1v) is 12.4. The molecule has 3 rings (SSSR count). The molecular formula is C21H24N4O5S2. The standard InChI is InChI=1S/C21H24N4O5S2/c1-5-30-18-12-8-16(9-13-18)25(32(4,27)28)14(2)19(26)22-21-24-23-20(31-21)15-6-10-17(29-3)11-7-15/h6-14H,5H2,1-4H3,(H,22,24,26). The van der Waals surface area contributed by atoms with Crippen LogP contribution in [0.3, 0.4) is 0 Å². The number of methoxy groups -OCH3 is 1. The van der Waals surface area contributed by atoms with E-state index in [9.17, 15) is 13.2 Å². The fourth-order valence-corrected chi connectivity index (χ4v) is 4.93. The number of ether oxygens (including phenoxy) is 2. The van der Waals surface area contributed by atoms with Gasteiger partial charge in [0, 0.05) is 5.56 Å². The van der Waals surface area contributed by atoms with E-state index in [0.29, 0.717) is 23.1 Å². The van der Waals surface area contributed by atoms with Crippen molar-refractivity contribution >= 4 is 38.1 Å². The van der Waals surface area contributed by atoms with Gasteiger partial charge in [0.15, 0.2) is 0 Å². The second-order valence-electron chi connectivity index (χ2n) is 6.79. The maximum atomic E-state index is 12.9. The van der Waals surface area contributed by atoms with Crippen LogP contribution in [-0.4, -0.2) is 50.5 Å². The van der Waals surface area contributed by atoms with Crippen LogP contribution in [-0.2, 0) is 14.8 Å². The average Bonchev–Trinajstić information content (AvgIpc) is 3.23. The molecule has 1 N–H and O–H groups in total. The van der Waals surface area contributed by atoms with Crippen LogP contribution in [0.25, 0.3) is 10.6 Å². The van der Waals surface area contributed by atoms with E-state index in [1.54, 1.807) is 43.5 Å². The smallest absolute Gasteiger partial charge is 0.249 e. The Balaban J connectivity index is 1.77. The largest absolute Gasteiger partial charge is 0.497 e. The minimum atomic E-state index is -3.74. The van der Waals surface area contributed by atoms with Crippen LogP contribution in [0.15, 0.2) is 48.5 Å². The Kier molecular flexibility index (Phi) is 7.31. The van der Waals surface area contributed by atoms with Gasteiger partial charge in [-0.1, -0.05) is 11.3 Å². The third-order valence-electron chi connectivity index (χ3n) is 4.48. The Morgan fingerprint density at radius 1 is 1.09 bits per heavy atom. The van der Waals surface area contributed by atoms with Crippen molar-refractivity contribution in [3.63, 3.8) is 0 Å². The summed E-state index contributed by atoms with van der Waals surface area (Å²) in [6.45, 7) is 3.86. The molecule has 1 heterocycles. The van der Waals surface area contributed by atoms with Gasteiger partial charge in [-0.15, -0.1) is 10.2 Å². The summed E-state index contributed by atoms with van der Waals surface area (Å²) in [5, 5.41) is 11.6. The molecule has 1 amide bonds. The number of nitrogens with one attached hydrogen (secondary N) is 1. The molecule has 0 radical (unpaired) electrons. The fourth-order valence-electron chi connectivity index (χ4n) is 3.00. The van der Waals surface area contributed by atoms with E-state index >= 15 is 0 Å². The molecule has 32 heavy (non-hydrogen) atoms. The van der Waals surface area contributed by atoms with Crippen LogP contribution in [0.4, 0.5) is 10.8 Å². The highest BCUT2D eigenvalue weighted by molar-refractivity contribution is 7.92. The van der Waals surface area contributed by atoms with E-state index in [4.69, 9.17) is 9.47 Å². The molecular weight excluding hydrogens is 452 g/mol. The summed E-state index contributed by atoms with van der Waals surface area (Å²) < 4.78 is 36.5. The van der Waals surface area contributed by atoms with Crippen molar-refractivity contribution in [2.45, 2.75) is 19.9 Å². The molecule has 11 heteroatoms. The third-order valence-corrected chi connectivity index (χ3v) is 6.61. The zero-order valence-electron chi connectivity index (χ0n) is 18.1. The van der Waals surface area contributed by atoms with Crippen LogP contribution in [0.2, 0.25) is 0 Å². The molecule has 2 aromatic carbocycles. The summed E-state index contributed by atoms with van der Waals surface area (Å²) in [5.74, 6) is 0.805. The lowest BCUT2D eigenvalue weighted by Crippen LogP contribution is -2.45. The van der Waals surface area contributed by atoms with Gasteiger partial charge < -0.3 is 9.47 Å². The predicted molar refractivity (Wildman–Crippen MR) is 125 cm³/mol. The van der Waals surface area contributed by atoms with Crippen molar-refractivity contribution < 1.29 is 22.7 Å². The van der Waals surface area contributed by atoms with E-state index < -0.39 is 22.0 Å². The topological polar surface area (TPSA) is 111 Å². The Bertz CT molecular complexity index is 1160.